The fourth-order valence-electron chi connectivity index (χ4n) is 1.22. The molecule has 1 aromatic rings. The van der Waals surface area contributed by atoms with Gasteiger partial charge in [0.05, 0.1) is 6.20 Å². The summed E-state index contributed by atoms with van der Waals surface area (Å²) >= 11 is 5.68. The van der Waals surface area contributed by atoms with Crippen molar-refractivity contribution in [3.63, 3.8) is 0 Å². The van der Waals surface area contributed by atoms with Crippen LogP contribution in [0.1, 0.15) is 27.2 Å². The first-order chi connectivity index (χ1) is 8.08. The number of hydrogen-bond donors (Lipinski definition) is 2. The van der Waals surface area contributed by atoms with Crippen LogP contribution in [-0.4, -0.2) is 15.1 Å². The first-order valence-electron chi connectivity index (χ1n) is 5.39. The molecule has 0 aliphatic rings. The van der Waals surface area contributed by atoms with Gasteiger partial charge in [-0.15, -0.1) is 0 Å². The van der Waals surface area contributed by atoms with Crippen molar-refractivity contribution in [2.24, 2.45) is 0 Å². The molecule has 0 bridgehead atoms. The Kier molecular flexibility index (Phi) is 4.97. The molecule has 2 N–H and O–H groups in total. The second-order valence-corrected chi connectivity index (χ2v) is 3.88. The second-order valence-electron chi connectivity index (χ2n) is 3.55. The molecule has 0 saturated carbocycles. The van der Waals surface area contributed by atoms with Crippen molar-refractivity contribution >= 4 is 17.4 Å². The lowest BCUT2D eigenvalue weighted by atomic mass is 10.1. The number of nitrogens with zero attached hydrogens (tertiary/aromatic N) is 2. The average molecular weight is 254 g/mol. The quantitative estimate of drug-likeness (QED) is 0.637. The maximum atomic E-state index is 9.61. The van der Waals surface area contributed by atoms with E-state index in [1.807, 2.05) is 26.0 Å². The van der Waals surface area contributed by atoms with Crippen molar-refractivity contribution in [2.75, 3.05) is 5.32 Å². The molecule has 1 heterocycles. The van der Waals surface area contributed by atoms with E-state index in [2.05, 4.69) is 22.2 Å². The summed E-state index contributed by atoms with van der Waals surface area (Å²) in [6, 6.07) is 0. The molecule has 0 aliphatic carbocycles. The summed E-state index contributed by atoms with van der Waals surface area (Å²) in [6.07, 6.45) is 6.02. The monoisotopic (exact) mass is 253 g/mol. The Hall–Kier alpha value is -1.55. The minimum Gasteiger partial charge on any atom is -0.503 e. The lowest BCUT2D eigenvalue weighted by Crippen LogP contribution is -2.03. The zero-order valence-corrected chi connectivity index (χ0v) is 10.9. The van der Waals surface area contributed by atoms with E-state index in [1.54, 1.807) is 0 Å². The fraction of sp³-hybridized carbons (Fsp3) is 0.333. The van der Waals surface area contributed by atoms with E-state index in [0.717, 1.165) is 17.7 Å². The topological polar surface area (TPSA) is 58.0 Å². The first kappa shape index (κ1) is 13.5. The number of halogens is 1. The second kappa shape index (κ2) is 6.25. The zero-order chi connectivity index (χ0) is 12.8. The van der Waals surface area contributed by atoms with Gasteiger partial charge in [-0.1, -0.05) is 18.6 Å². The molecule has 4 nitrogen and oxygen atoms in total. The van der Waals surface area contributed by atoms with Crippen LogP contribution >= 0.6 is 11.6 Å². The first-order valence-corrected chi connectivity index (χ1v) is 5.77. The molecule has 0 aromatic carbocycles. The standard InChI is InChI=1S/C12H16ClN3O/c1-4-6-9(8(3)5-2)15-11-10(17)7-14-12(13)16-11/h4,6-7,17H,5H2,1-3H3,(H,14,15,16)/b6-4-,9-8+. The van der Waals surface area contributed by atoms with E-state index in [-0.39, 0.29) is 11.0 Å². The molecule has 0 radical (unpaired) electrons. The highest BCUT2D eigenvalue weighted by Gasteiger charge is 2.06. The highest BCUT2D eigenvalue weighted by atomic mass is 35.5. The summed E-state index contributed by atoms with van der Waals surface area (Å²) in [5.74, 6) is 0.284. The van der Waals surface area contributed by atoms with E-state index in [1.165, 1.54) is 6.20 Å². The van der Waals surface area contributed by atoms with E-state index in [4.69, 9.17) is 11.6 Å². The number of anilines is 1. The molecular weight excluding hydrogens is 238 g/mol. The van der Waals surface area contributed by atoms with Crippen LogP contribution in [0, 0.1) is 0 Å². The maximum absolute atomic E-state index is 9.61. The van der Waals surface area contributed by atoms with Gasteiger partial charge in [0.15, 0.2) is 11.6 Å². The number of nitrogens with one attached hydrogen (secondary N) is 1. The highest BCUT2D eigenvalue weighted by Crippen LogP contribution is 2.23. The number of aromatic hydroxyl groups is 1. The lowest BCUT2D eigenvalue weighted by molar-refractivity contribution is 0.472. The molecular formula is C12H16ClN3O. The van der Waals surface area contributed by atoms with E-state index >= 15 is 0 Å². The average Bonchev–Trinajstić information content (AvgIpc) is 2.32. The molecule has 1 rings (SSSR count). The maximum Gasteiger partial charge on any atom is 0.224 e. The van der Waals surface area contributed by atoms with Crippen molar-refractivity contribution in [3.8, 4) is 5.75 Å². The van der Waals surface area contributed by atoms with Gasteiger partial charge in [-0.25, -0.2) is 4.98 Å². The Morgan fingerprint density at radius 2 is 2.29 bits per heavy atom. The molecule has 0 unspecified atom stereocenters. The summed E-state index contributed by atoms with van der Waals surface area (Å²) < 4.78 is 0. The summed E-state index contributed by atoms with van der Waals surface area (Å²) in [5, 5.41) is 12.8. The van der Waals surface area contributed by atoms with E-state index < -0.39 is 0 Å². The summed E-state index contributed by atoms with van der Waals surface area (Å²) in [6.45, 7) is 6.01. The van der Waals surface area contributed by atoms with Crippen molar-refractivity contribution in [3.05, 3.63) is 34.9 Å². The van der Waals surface area contributed by atoms with Crippen LogP contribution in [0.3, 0.4) is 0 Å². The summed E-state index contributed by atoms with van der Waals surface area (Å²) in [7, 11) is 0. The van der Waals surface area contributed by atoms with Gasteiger partial charge >= 0.3 is 0 Å². The summed E-state index contributed by atoms with van der Waals surface area (Å²) in [4.78, 5) is 7.62. The Morgan fingerprint density at radius 3 is 2.88 bits per heavy atom. The molecule has 1 aromatic heterocycles. The Bertz CT molecular complexity index is 455. The van der Waals surface area contributed by atoms with Crippen LogP contribution < -0.4 is 5.32 Å². The van der Waals surface area contributed by atoms with Crippen LogP contribution in [0.2, 0.25) is 5.28 Å². The molecule has 5 heteroatoms. The van der Waals surface area contributed by atoms with E-state index in [9.17, 15) is 5.11 Å². The van der Waals surface area contributed by atoms with Gasteiger partial charge in [-0.3, -0.25) is 0 Å². The van der Waals surface area contributed by atoms with Gasteiger partial charge < -0.3 is 10.4 Å². The molecule has 0 saturated heterocycles. The third-order valence-electron chi connectivity index (χ3n) is 2.32. The molecule has 17 heavy (non-hydrogen) atoms. The molecule has 0 spiro atoms. The molecule has 0 fully saturated rings. The lowest BCUT2D eigenvalue weighted by Gasteiger charge is -2.11. The predicted molar refractivity (Wildman–Crippen MR) is 70.1 cm³/mol. The van der Waals surface area contributed by atoms with Crippen LogP contribution in [0.25, 0.3) is 0 Å². The molecule has 0 amide bonds. The zero-order valence-electron chi connectivity index (χ0n) is 10.2. The van der Waals surface area contributed by atoms with Crippen LogP contribution in [-0.2, 0) is 0 Å². The van der Waals surface area contributed by atoms with Crippen molar-refractivity contribution in [1.82, 2.24) is 9.97 Å². The highest BCUT2D eigenvalue weighted by molar-refractivity contribution is 6.28. The van der Waals surface area contributed by atoms with Gasteiger partial charge in [0.25, 0.3) is 0 Å². The predicted octanol–water partition coefficient (Wildman–Crippen LogP) is 3.51. The molecule has 0 atom stereocenters. The third-order valence-corrected chi connectivity index (χ3v) is 2.50. The Labute approximate surface area is 106 Å². The molecule has 92 valence electrons. The smallest absolute Gasteiger partial charge is 0.224 e. The minimum atomic E-state index is -0.0275. The third kappa shape index (κ3) is 3.75. The van der Waals surface area contributed by atoms with E-state index in [0.29, 0.717) is 5.82 Å². The number of hydrogen-bond acceptors (Lipinski definition) is 4. The van der Waals surface area contributed by atoms with Crippen molar-refractivity contribution in [2.45, 2.75) is 27.2 Å². The minimum absolute atomic E-state index is 0.0275. The van der Waals surface area contributed by atoms with Crippen molar-refractivity contribution in [1.29, 1.82) is 0 Å². The van der Waals surface area contributed by atoms with Crippen LogP contribution in [0.4, 0.5) is 5.82 Å². The Balaban J connectivity index is 3.06. The van der Waals surface area contributed by atoms with Gasteiger partial charge in [-0.2, -0.15) is 4.98 Å². The van der Waals surface area contributed by atoms with Gasteiger partial charge in [0, 0.05) is 5.70 Å². The van der Waals surface area contributed by atoms with Gasteiger partial charge in [0.2, 0.25) is 5.28 Å². The van der Waals surface area contributed by atoms with Crippen LogP contribution in [0.5, 0.6) is 5.75 Å². The van der Waals surface area contributed by atoms with Gasteiger partial charge in [0.1, 0.15) is 0 Å². The SMILES string of the molecule is C/C=C\C(Nc1nc(Cl)ncc1O)=C(\C)CC. The largest absolute Gasteiger partial charge is 0.503 e. The van der Waals surface area contributed by atoms with Crippen molar-refractivity contribution < 1.29 is 5.11 Å². The number of rotatable bonds is 4. The Morgan fingerprint density at radius 1 is 1.59 bits per heavy atom. The van der Waals surface area contributed by atoms with Crippen LogP contribution in [0.15, 0.2) is 29.6 Å². The molecule has 0 aliphatic heterocycles. The normalized spacial score (nSPS) is 12.7. The summed E-state index contributed by atoms with van der Waals surface area (Å²) in [5.41, 5.74) is 2.07. The number of aromatic nitrogens is 2. The number of allylic oxidation sites excluding steroid dienone is 3. The fourth-order valence-corrected chi connectivity index (χ4v) is 1.35. The van der Waals surface area contributed by atoms with Gasteiger partial charge in [-0.05, 0) is 37.9 Å².